The Labute approximate surface area is 171 Å². The Morgan fingerprint density at radius 3 is 2.72 bits per heavy atom. The molecular weight excluding hydrogens is 368 g/mol. The van der Waals surface area contributed by atoms with Gasteiger partial charge in [0.05, 0.1) is 5.56 Å². The monoisotopic (exact) mass is 398 g/mol. The molecule has 3 rings (SSSR count). The van der Waals surface area contributed by atoms with Gasteiger partial charge >= 0.3 is 5.63 Å². The summed E-state index contributed by atoms with van der Waals surface area (Å²) in [7, 11) is 0. The van der Waals surface area contributed by atoms with E-state index in [1.165, 1.54) is 0 Å². The summed E-state index contributed by atoms with van der Waals surface area (Å²) in [5, 5.41) is 13.9. The van der Waals surface area contributed by atoms with E-state index in [9.17, 15) is 14.7 Å². The Morgan fingerprint density at radius 1 is 1.24 bits per heavy atom. The first-order valence-corrected chi connectivity index (χ1v) is 10.5. The molecule has 1 unspecified atom stereocenters. The molecule has 0 fully saturated rings. The van der Waals surface area contributed by atoms with Crippen molar-refractivity contribution in [2.75, 3.05) is 11.9 Å². The number of hydrogen-bond donors (Lipinski definition) is 3. The van der Waals surface area contributed by atoms with Crippen LogP contribution in [0.3, 0.4) is 0 Å². The van der Waals surface area contributed by atoms with Gasteiger partial charge in [0.25, 0.3) is 0 Å². The number of nitrogens with two attached hydrogens (primary N) is 1. The molecule has 4 N–H and O–H groups in total. The van der Waals surface area contributed by atoms with Gasteiger partial charge in [-0.1, -0.05) is 31.9 Å². The molecule has 1 aromatic carbocycles. The van der Waals surface area contributed by atoms with Crippen LogP contribution in [0.2, 0.25) is 0 Å². The summed E-state index contributed by atoms with van der Waals surface area (Å²) in [6, 6.07) is 7.39. The molecule has 0 saturated heterocycles. The summed E-state index contributed by atoms with van der Waals surface area (Å²) in [6.07, 6.45) is 6.47. The number of aryl methyl sites for hydroxylation is 1. The third-order valence-corrected chi connectivity index (χ3v) is 5.59. The van der Waals surface area contributed by atoms with Gasteiger partial charge in [-0.3, -0.25) is 4.79 Å². The van der Waals surface area contributed by atoms with E-state index >= 15 is 0 Å². The van der Waals surface area contributed by atoms with Crippen molar-refractivity contribution in [2.45, 2.75) is 64.2 Å². The molecule has 0 radical (unpaired) electrons. The van der Waals surface area contributed by atoms with Crippen LogP contribution in [-0.2, 0) is 17.6 Å². The zero-order valence-corrected chi connectivity index (χ0v) is 17.0. The number of anilines is 1. The van der Waals surface area contributed by atoms with E-state index < -0.39 is 5.63 Å². The Hall–Kier alpha value is -2.60. The fraction of sp³-hybridized carbons (Fsp3) is 0.478. The molecule has 1 aliphatic rings. The van der Waals surface area contributed by atoms with Gasteiger partial charge in [-0.15, -0.1) is 0 Å². The van der Waals surface area contributed by atoms with Crippen molar-refractivity contribution < 1.29 is 14.3 Å². The van der Waals surface area contributed by atoms with E-state index in [0.29, 0.717) is 29.9 Å². The summed E-state index contributed by atoms with van der Waals surface area (Å²) in [5.41, 5.74) is 7.57. The highest BCUT2D eigenvalue weighted by atomic mass is 16.4. The van der Waals surface area contributed by atoms with E-state index in [0.717, 1.165) is 43.2 Å². The van der Waals surface area contributed by atoms with E-state index in [4.69, 9.17) is 10.2 Å². The van der Waals surface area contributed by atoms with Crippen LogP contribution >= 0.6 is 0 Å². The minimum absolute atomic E-state index is 0.0857. The number of amides is 1. The van der Waals surface area contributed by atoms with Crippen LogP contribution in [0.4, 0.5) is 5.69 Å². The van der Waals surface area contributed by atoms with Gasteiger partial charge in [0.2, 0.25) is 5.91 Å². The SMILES string of the molecule is CCC(c1cccc(NC(=O)CCN)c1)c1c(O)c2c(oc1=O)CCCCCC2. The van der Waals surface area contributed by atoms with Gasteiger partial charge in [-0.25, -0.2) is 4.79 Å². The number of aromatic hydroxyl groups is 1. The predicted octanol–water partition coefficient (Wildman–Crippen LogP) is 3.83. The van der Waals surface area contributed by atoms with E-state index in [2.05, 4.69) is 5.32 Å². The average Bonchev–Trinajstić information content (AvgIpc) is 2.67. The first-order chi connectivity index (χ1) is 14.0. The number of rotatable bonds is 6. The highest BCUT2D eigenvalue weighted by Gasteiger charge is 2.26. The summed E-state index contributed by atoms with van der Waals surface area (Å²) in [5.74, 6) is 0.255. The second-order valence-corrected chi connectivity index (χ2v) is 7.64. The molecule has 6 nitrogen and oxygen atoms in total. The molecule has 1 amide bonds. The number of fused-ring (bicyclic) bond motifs is 1. The molecule has 1 aliphatic carbocycles. The van der Waals surface area contributed by atoms with Crippen LogP contribution in [0.25, 0.3) is 0 Å². The Bertz CT molecular complexity index is 920. The number of carbonyl (C=O) groups is 1. The first-order valence-electron chi connectivity index (χ1n) is 10.5. The molecule has 2 aromatic rings. The predicted molar refractivity (Wildman–Crippen MR) is 113 cm³/mol. The molecule has 29 heavy (non-hydrogen) atoms. The quantitative estimate of drug-likeness (QED) is 0.686. The number of hydrogen-bond acceptors (Lipinski definition) is 5. The van der Waals surface area contributed by atoms with Crippen LogP contribution < -0.4 is 16.7 Å². The highest BCUT2D eigenvalue weighted by molar-refractivity contribution is 5.90. The Morgan fingerprint density at radius 2 is 2.00 bits per heavy atom. The molecule has 0 saturated carbocycles. The van der Waals surface area contributed by atoms with Crippen LogP contribution in [0.5, 0.6) is 5.75 Å². The van der Waals surface area contributed by atoms with E-state index in [1.54, 1.807) is 6.07 Å². The van der Waals surface area contributed by atoms with E-state index in [1.807, 2.05) is 25.1 Å². The van der Waals surface area contributed by atoms with Gasteiger partial charge in [-0.05, 0) is 43.4 Å². The van der Waals surface area contributed by atoms with Gasteiger partial charge in [-0.2, -0.15) is 0 Å². The lowest BCUT2D eigenvalue weighted by Crippen LogP contribution is -2.18. The van der Waals surface area contributed by atoms with Gasteiger partial charge < -0.3 is 20.6 Å². The lowest BCUT2D eigenvalue weighted by Gasteiger charge is -2.21. The van der Waals surface area contributed by atoms with Crippen molar-refractivity contribution >= 4 is 11.6 Å². The number of carbonyl (C=O) groups excluding carboxylic acids is 1. The first kappa shape index (κ1) is 21.1. The minimum atomic E-state index is -0.466. The third-order valence-electron chi connectivity index (χ3n) is 5.59. The Balaban J connectivity index is 1.99. The molecule has 156 valence electrons. The minimum Gasteiger partial charge on any atom is -0.507 e. The maximum absolute atomic E-state index is 12.8. The van der Waals surface area contributed by atoms with Crippen LogP contribution in [-0.4, -0.2) is 17.6 Å². The van der Waals surface area contributed by atoms with Gasteiger partial charge in [0.15, 0.2) is 0 Å². The fourth-order valence-corrected chi connectivity index (χ4v) is 4.12. The van der Waals surface area contributed by atoms with Gasteiger partial charge in [0, 0.05) is 36.6 Å². The summed E-state index contributed by atoms with van der Waals surface area (Å²) >= 11 is 0. The highest BCUT2D eigenvalue weighted by Crippen LogP contribution is 2.37. The molecule has 6 heteroatoms. The van der Waals surface area contributed by atoms with Crippen LogP contribution in [0.15, 0.2) is 33.5 Å². The second kappa shape index (κ2) is 9.74. The van der Waals surface area contributed by atoms with E-state index in [-0.39, 0.29) is 30.5 Å². The topological polar surface area (TPSA) is 106 Å². The third kappa shape index (κ3) is 4.88. The zero-order valence-electron chi connectivity index (χ0n) is 17.0. The average molecular weight is 399 g/mol. The van der Waals surface area contributed by atoms with Gasteiger partial charge in [0.1, 0.15) is 11.5 Å². The zero-order chi connectivity index (χ0) is 20.8. The molecule has 0 bridgehead atoms. The molecule has 0 aliphatic heterocycles. The van der Waals surface area contributed by atoms with Crippen molar-refractivity contribution in [1.29, 1.82) is 0 Å². The second-order valence-electron chi connectivity index (χ2n) is 7.64. The van der Waals surface area contributed by atoms with Crippen molar-refractivity contribution in [3.63, 3.8) is 0 Å². The molecule has 0 spiro atoms. The molecule has 1 aromatic heterocycles. The fourth-order valence-electron chi connectivity index (χ4n) is 4.12. The number of nitrogens with one attached hydrogen (secondary N) is 1. The maximum Gasteiger partial charge on any atom is 0.343 e. The van der Waals surface area contributed by atoms with Crippen LogP contribution in [0, 0.1) is 0 Å². The van der Waals surface area contributed by atoms with Crippen molar-refractivity contribution in [2.24, 2.45) is 5.73 Å². The standard InChI is InChI=1S/C23H30N2O4/c1-2-17(15-8-7-9-16(14-15)25-20(26)12-13-24)21-22(27)18-10-5-3-4-6-11-19(18)29-23(21)28/h7-9,14,17,27H,2-6,10-13,24H2,1H3,(H,25,26). The lowest BCUT2D eigenvalue weighted by atomic mass is 9.86. The summed E-state index contributed by atoms with van der Waals surface area (Å²) in [6.45, 7) is 2.26. The van der Waals surface area contributed by atoms with Crippen molar-refractivity contribution in [3.8, 4) is 5.75 Å². The largest absolute Gasteiger partial charge is 0.507 e. The normalized spacial score (nSPS) is 15.1. The lowest BCUT2D eigenvalue weighted by molar-refractivity contribution is -0.116. The summed E-state index contributed by atoms with van der Waals surface area (Å²) < 4.78 is 5.68. The maximum atomic E-state index is 12.8. The smallest absolute Gasteiger partial charge is 0.343 e. The molecule has 1 heterocycles. The van der Waals surface area contributed by atoms with Crippen LogP contribution in [0.1, 0.15) is 73.8 Å². The Kier molecular flexibility index (Phi) is 7.09. The summed E-state index contributed by atoms with van der Waals surface area (Å²) in [4.78, 5) is 24.7. The number of benzene rings is 1. The molecular formula is C23H30N2O4. The van der Waals surface area contributed by atoms with Crippen molar-refractivity contribution in [1.82, 2.24) is 0 Å². The van der Waals surface area contributed by atoms with Crippen molar-refractivity contribution in [3.05, 3.63) is 57.1 Å². The molecule has 1 atom stereocenters.